The lowest BCUT2D eigenvalue weighted by atomic mass is 10.2. The van der Waals surface area contributed by atoms with Gasteiger partial charge in [0.2, 0.25) is 0 Å². The lowest BCUT2D eigenvalue weighted by Gasteiger charge is -2.35. The molecule has 4 aromatic rings. The molecule has 1 aliphatic heterocycles. The Bertz CT molecular complexity index is 1250. The third-order valence-corrected chi connectivity index (χ3v) is 6.34. The van der Waals surface area contributed by atoms with Gasteiger partial charge in [-0.1, -0.05) is 12.1 Å². The average molecular weight is 405 g/mol. The molecule has 0 spiro atoms. The fourth-order valence-corrected chi connectivity index (χ4v) is 4.60. The van der Waals surface area contributed by atoms with Crippen molar-refractivity contribution < 1.29 is 4.79 Å². The molecule has 0 bridgehead atoms. The molecule has 0 saturated carbocycles. The highest BCUT2D eigenvalue weighted by Crippen LogP contribution is 2.24. The number of para-hydroxylation sites is 1. The molecule has 1 saturated heterocycles. The van der Waals surface area contributed by atoms with E-state index in [4.69, 9.17) is 0 Å². The standard InChI is InChI=1S/C21H19N5O2S/c1-24-13-22-17-12-14(6-7-15(17)20(24)27)25-8-10-26(11-9-25)21(28)19-23-16-4-2-3-5-18(16)29-19/h2-7,12-13H,8-11H2,1H3. The SMILES string of the molecule is Cn1cnc2cc(N3CCN(C(=O)c4nc5ccccc5s4)CC3)ccc2c1=O. The van der Waals surface area contributed by atoms with Crippen molar-refractivity contribution in [3.8, 4) is 0 Å². The first-order chi connectivity index (χ1) is 14.1. The number of anilines is 1. The Kier molecular flexibility index (Phi) is 4.28. The fraction of sp³-hybridized carbons (Fsp3) is 0.238. The maximum Gasteiger partial charge on any atom is 0.282 e. The van der Waals surface area contributed by atoms with Gasteiger partial charge in [0.25, 0.3) is 11.5 Å². The van der Waals surface area contributed by atoms with E-state index in [0.717, 1.165) is 29.0 Å². The molecule has 0 unspecified atom stereocenters. The highest BCUT2D eigenvalue weighted by molar-refractivity contribution is 7.20. The Morgan fingerprint density at radius 1 is 1.03 bits per heavy atom. The number of aryl methyl sites for hydroxylation is 1. The zero-order chi connectivity index (χ0) is 20.0. The van der Waals surface area contributed by atoms with Crippen LogP contribution < -0.4 is 10.5 Å². The fourth-order valence-electron chi connectivity index (χ4n) is 3.66. The normalized spacial score (nSPS) is 14.7. The molecule has 5 rings (SSSR count). The summed E-state index contributed by atoms with van der Waals surface area (Å²) >= 11 is 1.44. The number of piperazine rings is 1. The van der Waals surface area contributed by atoms with E-state index in [-0.39, 0.29) is 11.5 Å². The molecular weight excluding hydrogens is 386 g/mol. The van der Waals surface area contributed by atoms with Gasteiger partial charge in [0.1, 0.15) is 0 Å². The Balaban J connectivity index is 1.32. The molecule has 0 atom stereocenters. The second kappa shape index (κ2) is 6.97. The van der Waals surface area contributed by atoms with E-state index in [1.165, 1.54) is 15.9 Å². The number of aromatic nitrogens is 3. The van der Waals surface area contributed by atoms with E-state index < -0.39 is 0 Å². The summed E-state index contributed by atoms with van der Waals surface area (Å²) in [5.74, 6) is -0.00507. The minimum atomic E-state index is -0.0483. The maximum atomic E-state index is 12.9. The number of benzene rings is 2. The van der Waals surface area contributed by atoms with Crippen LogP contribution in [0.3, 0.4) is 0 Å². The van der Waals surface area contributed by atoms with Gasteiger partial charge in [0.05, 0.1) is 27.4 Å². The molecule has 0 aliphatic carbocycles. The topological polar surface area (TPSA) is 71.3 Å². The number of thiazole rings is 1. The molecule has 2 aromatic heterocycles. The van der Waals surface area contributed by atoms with Crippen molar-refractivity contribution in [3.63, 3.8) is 0 Å². The Labute approximate surface area is 170 Å². The van der Waals surface area contributed by atoms with Gasteiger partial charge in [-0.05, 0) is 30.3 Å². The van der Waals surface area contributed by atoms with Crippen molar-refractivity contribution in [1.29, 1.82) is 0 Å². The minimum Gasteiger partial charge on any atom is -0.368 e. The van der Waals surface area contributed by atoms with Crippen LogP contribution in [-0.4, -0.2) is 51.5 Å². The summed E-state index contributed by atoms with van der Waals surface area (Å²) in [5.41, 5.74) is 2.53. The Morgan fingerprint density at radius 3 is 2.62 bits per heavy atom. The first-order valence-corrected chi connectivity index (χ1v) is 10.3. The molecule has 3 heterocycles. The number of fused-ring (bicyclic) bond motifs is 2. The third kappa shape index (κ3) is 3.15. The summed E-state index contributed by atoms with van der Waals surface area (Å²) in [6.07, 6.45) is 1.54. The van der Waals surface area contributed by atoms with Gasteiger partial charge < -0.3 is 14.4 Å². The van der Waals surface area contributed by atoms with E-state index >= 15 is 0 Å². The monoisotopic (exact) mass is 405 g/mol. The van der Waals surface area contributed by atoms with E-state index in [2.05, 4.69) is 14.9 Å². The first kappa shape index (κ1) is 17.8. The van der Waals surface area contributed by atoms with Crippen LogP contribution in [0.15, 0.2) is 53.6 Å². The molecule has 29 heavy (non-hydrogen) atoms. The van der Waals surface area contributed by atoms with Crippen LogP contribution in [0, 0.1) is 0 Å². The average Bonchev–Trinajstić information content (AvgIpc) is 3.20. The second-order valence-corrected chi connectivity index (χ2v) is 8.16. The first-order valence-electron chi connectivity index (χ1n) is 9.45. The summed E-state index contributed by atoms with van der Waals surface area (Å²) in [6, 6.07) is 13.5. The van der Waals surface area contributed by atoms with Crippen molar-refractivity contribution in [3.05, 3.63) is 64.2 Å². The van der Waals surface area contributed by atoms with Crippen LogP contribution in [0.1, 0.15) is 9.80 Å². The molecular formula is C21H19N5O2S. The summed E-state index contributed by atoms with van der Waals surface area (Å²) < 4.78 is 2.51. The third-order valence-electron chi connectivity index (χ3n) is 5.31. The summed E-state index contributed by atoms with van der Waals surface area (Å²) in [6.45, 7) is 2.73. The number of carbonyl (C=O) groups is 1. The van der Waals surface area contributed by atoms with Crippen LogP contribution in [0.25, 0.3) is 21.1 Å². The lowest BCUT2D eigenvalue weighted by molar-refractivity contribution is 0.0746. The zero-order valence-electron chi connectivity index (χ0n) is 15.9. The van der Waals surface area contributed by atoms with E-state index in [1.54, 1.807) is 13.4 Å². The molecule has 2 aromatic carbocycles. The molecule has 7 nitrogen and oxygen atoms in total. The molecule has 8 heteroatoms. The molecule has 0 radical (unpaired) electrons. The second-order valence-electron chi connectivity index (χ2n) is 7.13. The van der Waals surface area contributed by atoms with Crippen molar-refractivity contribution in [2.24, 2.45) is 7.05 Å². The van der Waals surface area contributed by atoms with Crippen molar-refractivity contribution in [2.45, 2.75) is 0 Å². The van der Waals surface area contributed by atoms with E-state index in [9.17, 15) is 9.59 Å². The number of hydrogen-bond acceptors (Lipinski definition) is 6. The van der Waals surface area contributed by atoms with Gasteiger partial charge >= 0.3 is 0 Å². The van der Waals surface area contributed by atoms with Crippen molar-refractivity contribution in [2.75, 3.05) is 31.1 Å². The van der Waals surface area contributed by atoms with E-state index in [0.29, 0.717) is 29.0 Å². The lowest BCUT2D eigenvalue weighted by Crippen LogP contribution is -2.48. The van der Waals surface area contributed by atoms with Gasteiger partial charge in [-0.3, -0.25) is 9.59 Å². The molecule has 0 N–H and O–H groups in total. The highest BCUT2D eigenvalue weighted by atomic mass is 32.1. The predicted octanol–water partition coefficient (Wildman–Crippen LogP) is 2.51. The van der Waals surface area contributed by atoms with Crippen LogP contribution in [0.5, 0.6) is 0 Å². The largest absolute Gasteiger partial charge is 0.368 e. The number of carbonyl (C=O) groups excluding carboxylic acids is 1. The summed E-state index contributed by atoms with van der Waals surface area (Å²) in [7, 11) is 1.70. The molecule has 146 valence electrons. The van der Waals surface area contributed by atoms with Crippen LogP contribution in [0.4, 0.5) is 5.69 Å². The number of hydrogen-bond donors (Lipinski definition) is 0. The smallest absolute Gasteiger partial charge is 0.282 e. The number of amides is 1. The zero-order valence-corrected chi connectivity index (χ0v) is 16.7. The van der Waals surface area contributed by atoms with Gasteiger partial charge in [-0.2, -0.15) is 0 Å². The van der Waals surface area contributed by atoms with Gasteiger partial charge in [0, 0.05) is 38.9 Å². The van der Waals surface area contributed by atoms with Crippen molar-refractivity contribution >= 4 is 44.1 Å². The number of nitrogens with zero attached hydrogens (tertiary/aromatic N) is 5. The van der Waals surface area contributed by atoms with E-state index in [1.807, 2.05) is 47.4 Å². The maximum absolute atomic E-state index is 12.9. The minimum absolute atomic E-state index is 0.00507. The Morgan fingerprint density at radius 2 is 1.83 bits per heavy atom. The highest BCUT2D eigenvalue weighted by Gasteiger charge is 2.24. The van der Waals surface area contributed by atoms with Crippen molar-refractivity contribution in [1.82, 2.24) is 19.4 Å². The Hall–Kier alpha value is -3.26. The van der Waals surface area contributed by atoms with Gasteiger partial charge in [-0.25, -0.2) is 9.97 Å². The predicted molar refractivity (Wildman–Crippen MR) is 115 cm³/mol. The van der Waals surface area contributed by atoms with Crippen LogP contribution in [0.2, 0.25) is 0 Å². The molecule has 1 fully saturated rings. The van der Waals surface area contributed by atoms with Crippen LogP contribution >= 0.6 is 11.3 Å². The summed E-state index contributed by atoms with van der Waals surface area (Å²) in [4.78, 5) is 38.0. The quantitative estimate of drug-likeness (QED) is 0.512. The molecule has 1 amide bonds. The number of rotatable bonds is 2. The van der Waals surface area contributed by atoms with Gasteiger partial charge in [0.15, 0.2) is 5.01 Å². The van der Waals surface area contributed by atoms with Gasteiger partial charge in [-0.15, -0.1) is 11.3 Å². The molecule has 1 aliphatic rings. The van der Waals surface area contributed by atoms with Crippen LogP contribution in [-0.2, 0) is 7.05 Å². The summed E-state index contributed by atoms with van der Waals surface area (Å²) in [5, 5.41) is 1.16.